The Hall–Kier alpha value is -2.22. The molecule has 0 saturated carbocycles. The Labute approximate surface area is 139 Å². The highest BCUT2D eigenvalue weighted by Crippen LogP contribution is 2.27. The molecule has 1 fully saturated rings. The highest BCUT2D eigenvalue weighted by Gasteiger charge is 2.31. The number of aromatic nitrogens is 2. The third-order valence-electron chi connectivity index (χ3n) is 3.96. The minimum Gasteiger partial charge on any atom is -0.311 e. The van der Waals surface area contributed by atoms with Crippen molar-refractivity contribution in [2.45, 2.75) is 25.8 Å². The molecule has 24 heavy (non-hydrogen) atoms. The molecule has 1 N–H and O–H groups in total. The average molecular weight is 351 g/mol. The zero-order valence-corrected chi connectivity index (χ0v) is 14.0. The number of sulfone groups is 1. The molecule has 1 atom stereocenters. The molecule has 3 rings (SSSR count). The van der Waals surface area contributed by atoms with Crippen LogP contribution < -0.4 is 5.32 Å². The number of carbonyl (C=O) groups excluding carboxylic acids is 1. The van der Waals surface area contributed by atoms with Crippen LogP contribution >= 0.6 is 0 Å². The van der Waals surface area contributed by atoms with Crippen LogP contribution in [0.15, 0.2) is 30.3 Å². The van der Waals surface area contributed by atoms with Crippen LogP contribution in [0.2, 0.25) is 0 Å². The zero-order valence-electron chi connectivity index (χ0n) is 13.2. The summed E-state index contributed by atoms with van der Waals surface area (Å²) in [6, 6.07) is 7.18. The van der Waals surface area contributed by atoms with Crippen molar-refractivity contribution < 1.29 is 17.6 Å². The van der Waals surface area contributed by atoms with Gasteiger partial charge in [0.15, 0.2) is 9.84 Å². The smallest absolute Gasteiger partial charge is 0.229 e. The summed E-state index contributed by atoms with van der Waals surface area (Å²) >= 11 is 0. The van der Waals surface area contributed by atoms with E-state index in [0.29, 0.717) is 23.5 Å². The van der Waals surface area contributed by atoms with Crippen molar-refractivity contribution in [1.29, 1.82) is 0 Å². The average Bonchev–Trinajstić information content (AvgIpc) is 3.03. The molecule has 0 spiro atoms. The first-order valence-electron chi connectivity index (χ1n) is 7.63. The summed E-state index contributed by atoms with van der Waals surface area (Å²) in [5, 5.41) is 7.09. The van der Waals surface area contributed by atoms with Gasteiger partial charge < -0.3 is 5.32 Å². The third-order valence-corrected chi connectivity index (χ3v) is 5.71. The molecular formula is C16H18FN3O3S. The molecule has 1 aromatic carbocycles. The molecule has 1 saturated heterocycles. The van der Waals surface area contributed by atoms with Gasteiger partial charge in [-0.15, -0.1) is 0 Å². The number of nitrogens with one attached hydrogen (secondary N) is 1. The van der Waals surface area contributed by atoms with E-state index in [1.54, 1.807) is 29.8 Å². The fraction of sp³-hybridized carbons (Fsp3) is 0.375. The summed E-state index contributed by atoms with van der Waals surface area (Å²) in [7, 11) is -3.04. The van der Waals surface area contributed by atoms with Crippen molar-refractivity contribution in [3.8, 4) is 0 Å². The molecule has 0 unspecified atom stereocenters. The van der Waals surface area contributed by atoms with Crippen molar-refractivity contribution in [3.63, 3.8) is 0 Å². The molecular weight excluding hydrogens is 333 g/mol. The van der Waals surface area contributed by atoms with Crippen molar-refractivity contribution in [1.82, 2.24) is 9.78 Å². The highest BCUT2D eigenvalue weighted by molar-refractivity contribution is 7.91. The molecule has 0 aliphatic carbocycles. The number of hydrogen-bond donors (Lipinski definition) is 1. The lowest BCUT2D eigenvalue weighted by molar-refractivity contribution is -0.115. The Kier molecular flexibility index (Phi) is 4.40. The first kappa shape index (κ1) is 16.6. The van der Waals surface area contributed by atoms with Crippen LogP contribution in [0.5, 0.6) is 0 Å². The zero-order chi connectivity index (χ0) is 17.3. The summed E-state index contributed by atoms with van der Waals surface area (Å²) < 4.78 is 37.8. The molecule has 6 nitrogen and oxygen atoms in total. The van der Waals surface area contributed by atoms with Gasteiger partial charge in [0.05, 0.1) is 29.7 Å². The van der Waals surface area contributed by atoms with Crippen LogP contribution in [0.3, 0.4) is 0 Å². The maximum atomic E-state index is 12.9. The van der Waals surface area contributed by atoms with E-state index in [-0.39, 0.29) is 35.7 Å². The van der Waals surface area contributed by atoms with Gasteiger partial charge >= 0.3 is 0 Å². The molecule has 2 heterocycles. The van der Waals surface area contributed by atoms with Crippen LogP contribution in [-0.2, 0) is 21.1 Å². The summed E-state index contributed by atoms with van der Waals surface area (Å²) in [5.41, 5.74) is 1.40. The monoisotopic (exact) mass is 351 g/mol. The Morgan fingerprint density at radius 1 is 1.38 bits per heavy atom. The first-order chi connectivity index (χ1) is 11.3. The lowest BCUT2D eigenvalue weighted by Gasteiger charge is -2.13. The highest BCUT2D eigenvalue weighted by atomic mass is 32.2. The van der Waals surface area contributed by atoms with E-state index in [2.05, 4.69) is 10.4 Å². The van der Waals surface area contributed by atoms with Gasteiger partial charge in [-0.3, -0.25) is 4.79 Å². The van der Waals surface area contributed by atoms with E-state index in [1.807, 2.05) is 0 Å². The van der Waals surface area contributed by atoms with E-state index in [0.717, 1.165) is 0 Å². The van der Waals surface area contributed by atoms with Crippen LogP contribution in [0, 0.1) is 12.7 Å². The van der Waals surface area contributed by atoms with Crippen LogP contribution in [0.4, 0.5) is 10.2 Å². The number of aryl methyl sites for hydroxylation is 1. The number of hydrogen-bond acceptors (Lipinski definition) is 4. The lowest BCUT2D eigenvalue weighted by atomic mass is 10.1. The Morgan fingerprint density at radius 2 is 2.08 bits per heavy atom. The van der Waals surface area contributed by atoms with E-state index >= 15 is 0 Å². The number of halogens is 1. The minimum atomic E-state index is -3.04. The topological polar surface area (TPSA) is 81.1 Å². The normalized spacial score (nSPS) is 19.3. The Morgan fingerprint density at radius 3 is 2.71 bits per heavy atom. The van der Waals surface area contributed by atoms with E-state index in [4.69, 9.17) is 0 Å². The number of rotatable bonds is 4. The van der Waals surface area contributed by atoms with Crippen molar-refractivity contribution in [3.05, 3.63) is 47.4 Å². The number of nitrogens with zero attached hydrogens (tertiary/aromatic N) is 2. The Balaban J connectivity index is 1.73. The minimum absolute atomic E-state index is 0.0367. The van der Waals surface area contributed by atoms with Gasteiger partial charge in [0.2, 0.25) is 5.91 Å². The maximum Gasteiger partial charge on any atom is 0.229 e. The molecule has 0 bridgehead atoms. The van der Waals surface area contributed by atoms with Gasteiger partial charge in [-0.1, -0.05) is 12.1 Å². The molecule has 2 aromatic rings. The van der Waals surface area contributed by atoms with Gasteiger partial charge in [-0.05, 0) is 31.0 Å². The largest absolute Gasteiger partial charge is 0.311 e. The summed E-state index contributed by atoms with van der Waals surface area (Å²) in [6.45, 7) is 1.79. The second-order valence-corrected chi connectivity index (χ2v) is 8.25. The van der Waals surface area contributed by atoms with E-state index in [9.17, 15) is 17.6 Å². The van der Waals surface area contributed by atoms with Gasteiger partial charge in [-0.2, -0.15) is 5.10 Å². The number of benzene rings is 1. The number of carbonyl (C=O) groups is 1. The number of anilines is 1. The van der Waals surface area contributed by atoms with Crippen molar-refractivity contribution in [2.24, 2.45) is 0 Å². The fourth-order valence-electron chi connectivity index (χ4n) is 2.83. The standard InChI is InChI=1S/C16H18FN3O3S/c1-11-8-15(20(19-11)14-6-7-24(22,23)10-14)18-16(21)9-12-2-4-13(17)5-3-12/h2-5,8,14H,6-7,9-10H2,1H3,(H,18,21)/t14-/m0/s1. The van der Waals surface area contributed by atoms with Crippen LogP contribution in [0.25, 0.3) is 0 Å². The summed E-state index contributed by atoms with van der Waals surface area (Å²) in [5.74, 6) is 0.0507. The fourth-order valence-corrected chi connectivity index (χ4v) is 4.52. The van der Waals surface area contributed by atoms with E-state index < -0.39 is 9.84 Å². The predicted octanol–water partition coefficient (Wildman–Crippen LogP) is 1.87. The van der Waals surface area contributed by atoms with Crippen molar-refractivity contribution >= 4 is 21.6 Å². The first-order valence-corrected chi connectivity index (χ1v) is 9.45. The Bertz CT molecular complexity index is 859. The van der Waals surface area contributed by atoms with Gasteiger partial charge in [0.25, 0.3) is 0 Å². The quantitative estimate of drug-likeness (QED) is 0.912. The number of amides is 1. The van der Waals surface area contributed by atoms with Crippen molar-refractivity contribution in [2.75, 3.05) is 16.8 Å². The van der Waals surface area contributed by atoms with Crippen LogP contribution in [-0.4, -0.2) is 35.6 Å². The van der Waals surface area contributed by atoms with Gasteiger partial charge in [-0.25, -0.2) is 17.5 Å². The summed E-state index contributed by atoms with van der Waals surface area (Å²) in [6.07, 6.45) is 0.595. The van der Waals surface area contributed by atoms with Gasteiger partial charge in [0, 0.05) is 6.07 Å². The molecule has 1 aliphatic heterocycles. The third kappa shape index (κ3) is 3.81. The maximum absolute atomic E-state index is 12.9. The lowest BCUT2D eigenvalue weighted by Crippen LogP contribution is -2.20. The second kappa shape index (κ2) is 6.35. The molecule has 128 valence electrons. The van der Waals surface area contributed by atoms with Crippen LogP contribution in [0.1, 0.15) is 23.7 Å². The predicted molar refractivity (Wildman–Crippen MR) is 88.0 cm³/mol. The molecule has 1 aliphatic rings. The SMILES string of the molecule is Cc1cc(NC(=O)Cc2ccc(F)cc2)n([C@H]2CCS(=O)(=O)C2)n1. The van der Waals surface area contributed by atoms with E-state index in [1.165, 1.54) is 12.1 Å². The molecule has 8 heteroatoms. The molecule has 1 aromatic heterocycles. The molecule has 1 amide bonds. The van der Waals surface area contributed by atoms with Gasteiger partial charge in [0.1, 0.15) is 11.6 Å². The summed E-state index contributed by atoms with van der Waals surface area (Å²) in [4.78, 5) is 12.2. The second-order valence-electron chi connectivity index (χ2n) is 6.02. The molecule has 0 radical (unpaired) electrons.